The molecule has 2 N–H and O–H groups in total. The number of nitrogens with zero attached hydrogens (tertiary/aromatic N) is 1. The third kappa shape index (κ3) is 4.44. The molecule has 0 radical (unpaired) electrons. The van der Waals surface area contributed by atoms with Crippen molar-refractivity contribution in [2.75, 3.05) is 19.6 Å². The number of hydrogen-bond acceptors (Lipinski definition) is 4. The Balaban J connectivity index is 0.00000180. The molecule has 1 amide bonds. The summed E-state index contributed by atoms with van der Waals surface area (Å²) in [7, 11) is 0. The van der Waals surface area contributed by atoms with Gasteiger partial charge in [0.1, 0.15) is 0 Å². The van der Waals surface area contributed by atoms with Crippen molar-refractivity contribution in [1.29, 1.82) is 0 Å². The number of rotatable bonds is 4. The number of hydrogen-bond donors (Lipinski definition) is 2. The standard InChI is InChI=1S/C13H21N3OS.ClH/c1-13(2,3)10-8-18-11(16-10)4-5-15-12(17)9-6-14-7-9;/h8-9,14H,4-7H2,1-3H3,(H,15,17);1H. The first-order valence-electron chi connectivity index (χ1n) is 6.40. The van der Waals surface area contributed by atoms with Crippen LogP contribution in [0.1, 0.15) is 31.5 Å². The molecule has 1 aliphatic heterocycles. The van der Waals surface area contributed by atoms with E-state index in [1.807, 2.05) is 0 Å². The average molecular weight is 304 g/mol. The van der Waals surface area contributed by atoms with Crippen LogP contribution in [0.15, 0.2) is 5.38 Å². The summed E-state index contributed by atoms with van der Waals surface area (Å²) in [4.78, 5) is 16.2. The van der Waals surface area contributed by atoms with Crippen LogP contribution < -0.4 is 10.6 Å². The van der Waals surface area contributed by atoms with Crippen molar-refractivity contribution < 1.29 is 4.79 Å². The Bertz CT molecular complexity index is 424. The third-order valence-electron chi connectivity index (χ3n) is 3.11. The molecule has 4 nitrogen and oxygen atoms in total. The number of halogens is 1. The highest BCUT2D eigenvalue weighted by molar-refractivity contribution is 7.09. The van der Waals surface area contributed by atoms with E-state index >= 15 is 0 Å². The molecule has 0 atom stereocenters. The summed E-state index contributed by atoms with van der Waals surface area (Å²) >= 11 is 1.68. The van der Waals surface area contributed by atoms with Crippen LogP contribution in [0, 0.1) is 5.92 Å². The molecule has 108 valence electrons. The Hall–Kier alpha value is -0.650. The first-order valence-corrected chi connectivity index (χ1v) is 7.28. The van der Waals surface area contributed by atoms with E-state index in [0.717, 1.165) is 30.2 Å². The Morgan fingerprint density at radius 3 is 2.68 bits per heavy atom. The maximum absolute atomic E-state index is 11.6. The van der Waals surface area contributed by atoms with Crippen molar-refractivity contribution in [3.8, 4) is 0 Å². The van der Waals surface area contributed by atoms with Gasteiger partial charge in [-0.3, -0.25) is 4.79 Å². The molecule has 1 saturated heterocycles. The van der Waals surface area contributed by atoms with Gasteiger partial charge in [-0.2, -0.15) is 0 Å². The Morgan fingerprint density at radius 1 is 1.53 bits per heavy atom. The zero-order chi connectivity index (χ0) is 13.2. The summed E-state index contributed by atoms with van der Waals surface area (Å²) in [6, 6.07) is 0. The molecule has 1 aromatic rings. The van der Waals surface area contributed by atoms with Crippen LogP contribution in [-0.4, -0.2) is 30.5 Å². The number of aromatic nitrogens is 1. The van der Waals surface area contributed by atoms with Gasteiger partial charge in [-0.25, -0.2) is 4.98 Å². The molecule has 0 unspecified atom stereocenters. The summed E-state index contributed by atoms with van der Waals surface area (Å²) in [6.45, 7) is 8.81. The summed E-state index contributed by atoms with van der Waals surface area (Å²) in [5, 5.41) is 9.29. The van der Waals surface area contributed by atoms with E-state index in [-0.39, 0.29) is 29.6 Å². The molecule has 0 aliphatic carbocycles. The van der Waals surface area contributed by atoms with Crippen LogP contribution >= 0.6 is 23.7 Å². The topological polar surface area (TPSA) is 54.0 Å². The lowest BCUT2D eigenvalue weighted by Crippen LogP contribution is -2.51. The van der Waals surface area contributed by atoms with Gasteiger partial charge in [0, 0.05) is 36.9 Å². The fourth-order valence-corrected chi connectivity index (χ4v) is 2.71. The van der Waals surface area contributed by atoms with Crippen LogP contribution in [0.25, 0.3) is 0 Å². The quantitative estimate of drug-likeness (QED) is 0.891. The second-order valence-electron chi connectivity index (χ2n) is 5.77. The smallest absolute Gasteiger partial charge is 0.225 e. The van der Waals surface area contributed by atoms with Crippen molar-refractivity contribution in [3.63, 3.8) is 0 Å². The van der Waals surface area contributed by atoms with Crippen molar-refractivity contribution in [3.05, 3.63) is 16.1 Å². The zero-order valence-electron chi connectivity index (χ0n) is 11.7. The maximum Gasteiger partial charge on any atom is 0.225 e. The molecule has 2 heterocycles. The van der Waals surface area contributed by atoms with E-state index in [9.17, 15) is 4.79 Å². The molecular weight excluding hydrogens is 282 g/mol. The molecule has 0 aromatic carbocycles. The fourth-order valence-electron chi connectivity index (χ4n) is 1.68. The van der Waals surface area contributed by atoms with Crippen LogP contribution in [0.5, 0.6) is 0 Å². The predicted molar refractivity (Wildman–Crippen MR) is 81.1 cm³/mol. The van der Waals surface area contributed by atoms with E-state index in [1.54, 1.807) is 11.3 Å². The van der Waals surface area contributed by atoms with Crippen molar-refractivity contribution in [1.82, 2.24) is 15.6 Å². The van der Waals surface area contributed by atoms with Gasteiger partial charge in [0.15, 0.2) is 0 Å². The highest BCUT2D eigenvalue weighted by atomic mass is 35.5. The second kappa shape index (κ2) is 6.68. The van der Waals surface area contributed by atoms with E-state index in [0.29, 0.717) is 6.54 Å². The highest BCUT2D eigenvalue weighted by Gasteiger charge is 2.24. The summed E-state index contributed by atoms with van der Waals surface area (Å²) < 4.78 is 0. The summed E-state index contributed by atoms with van der Waals surface area (Å²) in [5.74, 6) is 0.341. The monoisotopic (exact) mass is 303 g/mol. The van der Waals surface area contributed by atoms with Gasteiger partial charge < -0.3 is 10.6 Å². The number of thiazole rings is 1. The molecule has 0 bridgehead atoms. The summed E-state index contributed by atoms with van der Waals surface area (Å²) in [6.07, 6.45) is 0.826. The molecule has 1 fully saturated rings. The first-order chi connectivity index (χ1) is 8.47. The minimum atomic E-state index is 0. The van der Waals surface area contributed by atoms with Gasteiger partial charge in [-0.1, -0.05) is 20.8 Å². The second-order valence-corrected chi connectivity index (χ2v) is 6.72. The van der Waals surface area contributed by atoms with Crippen LogP contribution in [-0.2, 0) is 16.6 Å². The number of amides is 1. The molecule has 6 heteroatoms. The SMILES string of the molecule is CC(C)(C)c1csc(CCNC(=O)C2CNC2)n1.Cl. The van der Waals surface area contributed by atoms with E-state index in [2.05, 4.69) is 41.8 Å². The third-order valence-corrected chi connectivity index (χ3v) is 4.02. The van der Waals surface area contributed by atoms with Gasteiger partial charge in [0.25, 0.3) is 0 Å². The molecule has 2 rings (SSSR count). The molecular formula is C13H22ClN3OS. The molecule has 0 saturated carbocycles. The van der Waals surface area contributed by atoms with Gasteiger partial charge >= 0.3 is 0 Å². The molecule has 1 aromatic heterocycles. The van der Waals surface area contributed by atoms with Gasteiger partial charge in [-0.15, -0.1) is 23.7 Å². The van der Waals surface area contributed by atoms with E-state index < -0.39 is 0 Å². The highest BCUT2D eigenvalue weighted by Crippen LogP contribution is 2.23. The fraction of sp³-hybridized carbons (Fsp3) is 0.692. The Morgan fingerprint density at radius 2 is 2.21 bits per heavy atom. The van der Waals surface area contributed by atoms with Crippen LogP contribution in [0.3, 0.4) is 0 Å². The molecule has 1 aliphatic rings. The number of carbonyl (C=O) groups excluding carboxylic acids is 1. The van der Waals surface area contributed by atoms with Crippen LogP contribution in [0.2, 0.25) is 0 Å². The largest absolute Gasteiger partial charge is 0.355 e. The normalized spacial score (nSPS) is 15.5. The molecule has 19 heavy (non-hydrogen) atoms. The molecule has 0 spiro atoms. The lowest BCUT2D eigenvalue weighted by Gasteiger charge is -2.25. The zero-order valence-corrected chi connectivity index (χ0v) is 13.3. The summed E-state index contributed by atoms with van der Waals surface area (Å²) in [5.41, 5.74) is 1.24. The van der Waals surface area contributed by atoms with Crippen molar-refractivity contribution in [2.24, 2.45) is 5.92 Å². The number of nitrogens with one attached hydrogen (secondary N) is 2. The van der Waals surface area contributed by atoms with E-state index in [1.165, 1.54) is 0 Å². The van der Waals surface area contributed by atoms with Gasteiger partial charge in [0.2, 0.25) is 5.91 Å². The predicted octanol–water partition coefficient (Wildman–Crippen LogP) is 1.74. The lowest BCUT2D eigenvalue weighted by atomic mass is 9.93. The number of carbonyl (C=O) groups is 1. The minimum absolute atomic E-state index is 0. The average Bonchev–Trinajstić information content (AvgIpc) is 2.62. The Kier molecular flexibility index (Phi) is 5.77. The Labute approximate surface area is 124 Å². The lowest BCUT2D eigenvalue weighted by molar-refractivity contribution is -0.126. The van der Waals surface area contributed by atoms with Gasteiger partial charge in [0.05, 0.1) is 16.6 Å². The van der Waals surface area contributed by atoms with Crippen LogP contribution in [0.4, 0.5) is 0 Å². The van der Waals surface area contributed by atoms with Crippen molar-refractivity contribution >= 4 is 29.7 Å². The van der Waals surface area contributed by atoms with Gasteiger partial charge in [-0.05, 0) is 0 Å². The van der Waals surface area contributed by atoms with E-state index in [4.69, 9.17) is 0 Å². The maximum atomic E-state index is 11.6. The van der Waals surface area contributed by atoms with Crippen molar-refractivity contribution in [2.45, 2.75) is 32.6 Å². The first kappa shape index (κ1) is 16.4. The minimum Gasteiger partial charge on any atom is -0.355 e.